The second-order valence-electron chi connectivity index (χ2n) is 11.1. The van der Waals surface area contributed by atoms with E-state index >= 15 is 0 Å². The maximum absolute atomic E-state index is 14.7. The third kappa shape index (κ3) is 4.86. The molecule has 1 N–H and O–H groups in total. The van der Waals surface area contributed by atoms with E-state index in [2.05, 4.69) is 41.3 Å². The van der Waals surface area contributed by atoms with Gasteiger partial charge in [0.05, 0.1) is 37.2 Å². The number of benzene rings is 1. The summed E-state index contributed by atoms with van der Waals surface area (Å²) < 4.78 is 11.9. The van der Waals surface area contributed by atoms with Crippen molar-refractivity contribution in [2.45, 2.75) is 69.7 Å². The fraction of sp³-hybridized carbons (Fsp3) is 0.633. The van der Waals surface area contributed by atoms with Crippen LogP contribution in [-0.4, -0.2) is 89.3 Å². The van der Waals surface area contributed by atoms with Gasteiger partial charge in [-0.15, -0.1) is 6.58 Å². The molecule has 3 aliphatic rings. The molecular formula is C30H42BrN3O6. The lowest BCUT2D eigenvalue weighted by atomic mass is 9.70. The van der Waals surface area contributed by atoms with Crippen LogP contribution in [0.15, 0.2) is 36.9 Å². The Morgan fingerprint density at radius 1 is 1.23 bits per heavy atom. The van der Waals surface area contributed by atoms with Gasteiger partial charge in [0, 0.05) is 35.8 Å². The summed E-state index contributed by atoms with van der Waals surface area (Å²) in [4.78, 5) is 47.2. The van der Waals surface area contributed by atoms with E-state index < -0.39 is 41.6 Å². The highest BCUT2D eigenvalue weighted by molar-refractivity contribution is 9.09. The number of fused-ring (bicyclic) bond motifs is 1. The number of anilines is 2. The number of halogens is 1. The van der Waals surface area contributed by atoms with E-state index in [1.807, 2.05) is 38.1 Å². The van der Waals surface area contributed by atoms with Gasteiger partial charge in [-0.25, -0.2) is 0 Å². The molecule has 3 aliphatic heterocycles. The number of hydrogen-bond donors (Lipinski definition) is 1. The lowest BCUT2D eigenvalue weighted by Gasteiger charge is -2.40. The van der Waals surface area contributed by atoms with Gasteiger partial charge < -0.3 is 29.3 Å². The van der Waals surface area contributed by atoms with E-state index in [-0.39, 0.29) is 42.3 Å². The number of aliphatic hydroxyl groups is 1. The van der Waals surface area contributed by atoms with Gasteiger partial charge in [-0.1, -0.05) is 35.9 Å². The molecule has 40 heavy (non-hydrogen) atoms. The minimum atomic E-state index is -1.23. The Morgan fingerprint density at radius 2 is 1.85 bits per heavy atom. The van der Waals surface area contributed by atoms with Gasteiger partial charge in [-0.2, -0.15) is 0 Å². The zero-order chi connectivity index (χ0) is 29.4. The molecule has 3 saturated heterocycles. The third-order valence-corrected chi connectivity index (χ3v) is 9.55. The first kappa shape index (κ1) is 30.5. The summed E-state index contributed by atoms with van der Waals surface area (Å²) in [5.41, 5.74) is 0.490. The van der Waals surface area contributed by atoms with Gasteiger partial charge in [0.15, 0.2) is 0 Å². The monoisotopic (exact) mass is 619 g/mol. The van der Waals surface area contributed by atoms with E-state index in [1.165, 1.54) is 4.90 Å². The number of nitrogens with zero attached hydrogens (tertiary/aromatic N) is 3. The van der Waals surface area contributed by atoms with Crippen LogP contribution in [0.3, 0.4) is 0 Å². The van der Waals surface area contributed by atoms with Crippen LogP contribution in [0.5, 0.6) is 0 Å². The molecule has 3 fully saturated rings. The van der Waals surface area contributed by atoms with Crippen LogP contribution in [0, 0.1) is 17.8 Å². The molecule has 0 radical (unpaired) electrons. The van der Waals surface area contributed by atoms with Crippen molar-refractivity contribution in [2.24, 2.45) is 17.8 Å². The van der Waals surface area contributed by atoms with Crippen molar-refractivity contribution < 1.29 is 29.0 Å². The molecule has 0 aliphatic carbocycles. The zero-order valence-electron chi connectivity index (χ0n) is 24.1. The number of ether oxygens (including phenoxy) is 2. The molecular weight excluding hydrogens is 578 g/mol. The van der Waals surface area contributed by atoms with E-state index in [9.17, 15) is 19.5 Å². The van der Waals surface area contributed by atoms with E-state index in [4.69, 9.17) is 9.47 Å². The molecule has 0 saturated carbocycles. The molecule has 4 rings (SSSR count). The van der Waals surface area contributed by atoms with Crippen LogP contribution >= 0.6 is 15.9 Å². The van der Waals surface area contributed by atoms with Crippen molar-refractivity contribution in [3.8, 4) is 0 Å². The smallest absolute Gasteiger partial charge is 0.312 e. The standard InChI is InChI=1S/C30H42BrN3O6/c1-7-15-33(20-13-11-19(12-14-20)32(8-2)9-3)28(37)26-30-16-21(31)25(40-30)23(29(38)39-10-4)24(30)27(36)34(26)22(17-35)18(5)6/h7,11-14,18,21-26,35H,1,8-10,15-17H2,2-6H3/t21?,22-,23+,24-,25+,26+,30-/m0/s1. The number of hydrogen-bond acceptors (Lipinski definition) is 7. The highest BCUT2D eigenvalue weighted by Gasteiger charge is 2.77. The molecule has 1 spiro atoms. The average Bonchev–Trinajstić information content (AvgIpc) is 3.52. The third-order valence-electron chi connectivity index (χ3n) is 8.70. The fourth-order valence-electron chi connectivity index (χ4n) is 6.86. The van der Waals surface area contributed by atoms with E-state index in [1.54, 1.807) is 17.9 Å². The molecule has 1 aromatic rings. The summed E-state index contributed by atoms with van der Waals surface area (Å²) >= 11 is 3.68. The van der Waals surface area contributed by atoms with Gasteiger partial charge in [-0.05, 0) is 57.4 Å². The van der Waals surface area contributed by atoms with Crippen molar-refractivity contribution >= 4 is 45.1 Å². The molecule has 1 aromatic carbocycles. The average molecular weight is 621 g/mol. The normalized spacial score (nSPS) is 29.4. The van der Waals surface area contributed by atoms with Crippen LogP contribution in [0.2, 0.25) is 0 Å². The first-order valence-corrected chi connectivity index (χ1v) is 15.2. The van der Waals surface area contributed by atoms with Crippen molar-refractivity contribution in [1.29, 1.82) is 0 Å². The largest absolute Gasteiger partial charge is 0.466 e. The second kappa shape index (κ2) is 12.2. The van der Waals surface area contributed by atoms with Crippen molar-refractivity contribution in [2.75, 3.05) is 42.6 Å². The van der Waals surface area contributed by atoms with Crippen molar-refractivity contribution in [1.82, 2.24) is 4.90 Å². The second-order valence-corrected chi connectivity index (χ2v) is 12.3. The van der Waals surface area contributed by atoms with Gasteiger partial charge in [0.1, 0.15) is 11.6 Å². The summed E-state index contributed by atoms with van der Waals surface area (Å²) in [7, 11) is 0. The fourth-order valence-corrected chi connectivity index (χ4v) is 7.81. The van der Waals surface area contributed by atoms with E-state index in [0.29, 0.717) is 12.1 Å². The maximum Gasteiger partial charge on any atom is 0.312 e. The molecule has 2 bridgehead atoms. The SMILES string of the molecule is C=CCN(C(=O)[C@H]1N([C@@H](CO)C(C)C)C(=O)[C@@H]2[C@@H](C(=O)OCC)[C@@H]3O[C@@]21CC3Br)c1ccc(N(CC)CC)cc1. The van der Waals surface area contributed by atoms with Crippen LogP contribution in [0.25, 0.3) is 0 Å². The molecule has 9 nitrogen and oxygen atoms in total. The summed E-state index contributed by atoms with van der Waals surface area (Å²) in [5.74, 6) is -3.01. The Kier molecular flexibility index (Phi) is 9.31. The predicted molar refractivity (Wildman–Crippen MR) is 157 cm³/mol. The van der Waals surface area contributed by atoms with Gasteiger partial charge in [-0.3, -0.25) is 14.4 Å². The topological polar surface area (TPSA) is 99.6 Å². The quantitative estimate of drug-likeness (QED) is 0.217. The van der Waals surface area contributed by atoms with Crippen LogP contribution < -0.4 is 9.80 Å². The van der Waals surface area contributed by atoms with Gasteiger partial charge in [0.2, 0.25) is 5.91 Å². The predicted octanol–water partition coefficient (Wildman–Crippen LogP) is 3.38. The molecule has 1 unspecified atom stereocenters. The van der Waals surface area contributed by atoms with Gasteiger partial charge in [0.25, 0.3) is 5.91 Å². The maximum atomic E-state index is 14.7. The number of rotatable bonds is 12. The Labute approximate surface area is 245 Å². The molecule has 7 atom stereocenters. The first-order chi connectivity index (χ1) is 19.1. The summed E-state index contributed by atoms with van der Waals surface area (Å²) in [5, 5.41) is 10.4. The number of likely N-dealkylation sites (tertiary alicyclic amines) is 1. The Balaban J connectivity index is 1.81. The van der Waals surface area contributed by atoms with Gasteiger partial charge >= 0.3 is 5.97 Å². The molecule has 2 amide bonds. The molecule has 3 heterocycles. The van der Waals surface area contributed by atoms with E-state index in [0.717, 1.165) is 18.8 Å². The number of carbonyl (C=O) groups excluding carboxylic acids is 3. The number of alkyl halides is 1. The Hall–Kier alpha value is -2.43. The minimum absolute atomic E-state index is 0.140. The molecule has 220 valence electrons. The van der Waals surface area contributed by atoms with Crippen molar-refractivity contribution in [3.05, 3.63) is 36.9 Å². The Morgan fingerprint density at radius 3 is 2.38 bits per heavy atom. The summed E-state index contributed by atoms with van der Waals surface area (Å²) in [6, 6.07) is 6.11. The highest BCUT2D eigenvalue weighted by atomic mass is 79.9. The lowest BCUT2D eigenvalue weighted by molar-refractivity contribution is -0.155. The summed E-state index contributed by atoms with van der Waals surface area (Å²) in [6.07, 6.45) is 1.45. The number of aliphatic hydroxyl groups excluding tert-OH is 1. The number of esters is 1. The molecule has 0 aromatic heterocycles. The lowest BCUT2D eigenvalue weighted by Crippen LogP contribution is -2.60. The zero-order valence-corrected chi connectivity index (χ0v) is 25.7. The Bertz CT molecular complexity index is 1110. The summed E-state index contributed by atoms with van der Waals surface area (Å²) in [6.45, 7) is 15.4. The van der Waals surface area contributed by atoms with Crippen LogP contribution in [0.4, 0.5) is 11.4 Å². The minimum Gasteiger partial charge on any atom is -0.466 e. The van der Waals surface area contributed by atoms with Crippen molar-refractivity contribution in [3.63, 3.8) is 0 Å². The molecule has 10 heteroatoms. The van der Waals surface area contributed by atoms with Crippen LogP contribution in [0.1, 0.15) is 41.0 Å². The highest BCUT2D eigenvalue weighted by Crippen LogP contribution is 2.61. The first-order valence-electron chi connectivity index (χ1n) is 14.3. The number of carbonyl (C=O) groups is 3. The van der Waals surface area contributed by atoms with Crippen LogP contribution in [-0.2, 0) is 23.9 Å². The number of amides is 2.